The lowest BCUT2D eigenvalue weighted by Gasteiger charge is -2.34. The Kier molecular flexibility index (Phi) is 8.01. The molecule has 1 aromatic heterocycles. The summed E-state index contributed by atoms with van der Waals surface area (Å²) >= 11 is 1.39. The van der Waals surface area contributed by atoms with Crippen molar-refractivity contribution in [3.05, 3.63) is 87.6 Å². The van der Waals surface area contributed by atoms with Crippen LogP contribution in [0.1, 0.15) is 64.5 Å². The lowest BCUT2D eigenvalue weighted by molar-refractivity contribution is -0.127. The Morgan fingerprint density at radius 1 is 1.06 bits per heavy atom. The van der Waals surface area contributed by atoms with E-state index in [0.29, 0.717) is 11.4 Å². The largest absolute Gasteiger partial charge is 0.497 e. The van der Waals surface area contributed by atoms with Gasteiger partial charge in [0.05, 0.1) is 12.0 Å². The number of methoxy groups -OCH3 is 1. The number of aryl methyl sites for hydroxylation is 1. The third-order valence-electron chi connectivity index (χ3n) is 6.47. The van der Waals surface area contributed by atoms with Crippen molar-refractivity contribution in [3.63, 3.8) is 0 Å². The molecule has 1 unspecified atom stereocenters. The number of nitrogens with zero attached hydrogens (tertiary/aromatic N) is 1. The summed E-state index contributed by atoms with van der Waals surface area (Å²) in [6.45, 7) is 2.29. The molecule has 178 valence electrons. The van der Waals surface area contributed by atoms with Crippen LogP contribution in [0, 0.1) is 6.92 Å². The standard InChI is InChI=1S/C28H32N2O3S/c1-20-10-6-7-15-24(20)26(27(31)29-22-12-4-3-5-13-22)30(28(32)25-16-9-17-34-25)19-21-11-8-14-23(18-21)33-2/h6-11,14-18,22,26H,3-5,12-13,19H2,1-2H3,(H,29,31). The quantitative estimate of drug-likeness (QED) is 0.440. The van der Waals surface area contributed by atoms with Crippen molar-refractivity contribution in [2.45, 2.75) is 57.7 Å². The molecule has 0 radical (unpaired) electrons. The summed E-state index contributed by atoms with van der Waals surface area (Å²) in [6, 6.07) is 18.6. The molecule has 1 aliphatic rings. The van der Waals surface area contributed by atoms with Crippen LogP contribution in [0.4, 0.5) is 0 Å². The summed E-state index contributed by atoms with van der Waals surface area (Å²) in [5.74, 6) is 0.457. The normalized spacial score (nSPS) is 14.9. The highest BCUT2D eigenvalue weighted by Crippen LogP contribution is 2.30. The lowest BCUT2D eigenvalue weighted by Crippen LogP contribution is -2.47. The SMILES string of the molecule is COc1cccc(CN(C(=O)c2cccs2)C(C(=O)NC2CCCCC2)c2ccccc2C)c1. The van der Waals surface area contributed by atoms with Gasteiger partial charge in [-0.2, -0.15) is 0 Å². The fourth-order valence-electron chi connectivity index (χ4n) is 4.66. The number of rotatable bonds is 8. The van der Waals surface area contributed by atoms with Gasteiger partial charge in [0.15, 0.2) is 0 Å². The van der Waals surface area contributed by atoms with Crippen LogP contribution in [0.3, 0.4) is 0 Å². The Hall–Kier alpha value is -3.12. The zero-order valence-electron chi connectivity index (χ0n) is 19.8. The highest BCUT2D eigenvalue weighted by Gasteiger charge is 2.34. The Balaban J connectivity index is 1.75. The summed E-state index contributed by atoms with van der Waals surface area (Å²) in [6.07, 6.45) is 5.44. The van der Waals surface area contributed by atoms with Crippen LogP contribution in [0.2, 0.25) is 0 Å². The van der Waals surface area contributed by atoms with Crippen molar-refractivity contribution in [1.29, 1.82) is 0 Å². The third kappa shape index (κ3) is 5.68. The maximum Gasteiger partial charge on any atom is 0.265 e. The predicted octanol–water partition coefficient (Wildman–Crippen LogP) is 5.90. The Bertz CT molecular complexity index is 1110. The van der Waals surface area contributed by atoms with Gasteiger partial charge in [-0.3, -0.25) is 9.59 Å². The van der Waals surface area contributed by atoms with Gasteiger partial charge in [-0.25, -0.2) is 0 Å². The molecule has 1 aliphatic carbocycles. The van der Waals surface area contributed by atoms with Crippen molar-refractivity contribution in [3.8, 4) is 5.75 Å². The van der Waals surface area contributed by atoms with Crippen molar-refractivity contribution >= 4 is 23.2 Å². The first kappa shape index (κ1) is 24.0. The molecule has 0 bridgehead atoms. The summed E-state index contributed by atoms with van der Waals surface area (Å²) in [4.78, 5) is 30.0. The topological polar surface area (TPSA) is 58.6 Å². The maximum atomic E-state index is 13.9. The fraction of sp³-hybridized carbons (Fsp3) is 0.357. The first-order valence-electron chi connectivity index (χ1n) is 11.9. The van der Waals surface area contributed by atoms with Crippen LogP contribution in [-0.4, -0.2) is 29.9 Å². The van der Waals surface area contributed by atoms with Crippen LogP contribution in [0.15, 0.2) is 66.0 Å². The third-order valence-corrected chi connectivity index (χ3v) is 7.33. The average molecular weight is 477 g/mol. The predicted molar refractivity (Wildman–Crippen MR) is 136 cm³/mol. The summed E-state index contributed by atoms with van der Waals surface area (Å²) in [5, 5.41) is 5.17. The highest BCUT2D eigenvalue weighted by atomic mass is 32.1. The molecule has 3 aromatic rings. The van der Waals surface area contributed by atoms with Gasteiger partial charge in [0, 0.05) is 12.6 Å². The van der Waals surface area contributed by atoms with E-state index in [1.807, 2.05) is 73.0 Å². The molecule has 1 atom stereocenters. The molecule has 6 heteroatoms. The van der Waals surface area contributed by atoms with E-state index in [1.165, 1.54) is 17.8 Å². The molecule has 1 heterocycles. The maximum absolute atomic E-state index is 13.9. The minimum atomic E-state index is -0.732. The van der Waals surface area contributed by atoms with Gasteiger partial charge < -0.3 is 15.0 Å². The lowest BCUT2D eigenvalue weighted by atomic mass is 9.93. The second kappa shape index (κ2) is 11.3. The number of thiophene rings is 1. The summed E-state index contributed by atoms with van der Waals surface area (Å²) < 4.78 is 5.40. The van der Waals surface area contributed by atoms with Crippen LogP contribution < -0.4 is 10.1 Å². The first-order valence-corrected chi connectivity index (χ1v) is 12.8. The molecular weight excluding hydrogens is 444 g/mol. The molecule has 5 nitrogen and oxygen atoms in total. The van der Waals surface area contributed by atoms with Crippen molar-refractivity contribution in [2.75, 3.05) is 7.11 Å². The van der Waals surface area contributed by atoms with Crippen molar-refractivity contribution in [2.24, 2.45) is 0 Å². The molecule has 4 rings (SSSR count). The van der Waals surface area contributed by atoms with Crippen LogP contribution in [0.5, 0.6) is 5.75 Å². The van der Waals surface area contributed by atoms with E-state index in [1.54, 1.807) is 12.0 Å². The van der Waals surface area contributed by atoms with Crippen molar-refractivity contribution in [1.82, 2.24) is 10.2 Å². The van der Waals surface area contributed by atoms with Gasteiger partial charge in [0.1, 0.15) is 11.8 Å². The molecule has 1 saturated carbocycles. The van der Waals surface area contributed by atoms with Gasteiger partial charge in [-0.1, -0.05) is 61.7 Å². The number of hydrogen-bond donors (Lipinski definition) is 1. The van der Waals surface area contributed by atoms with E-state index >= 15 is 0 Å². The Morgan fingerprint density at radius 3 is 2.56 bits per heavy atom. The smallest absolute Gasteiger partial charge is 0.265 e. The van der Waals surface area contributed by atoms with Crippen LogP contribution in [-0.2, 0) is 11.3 Å². The number of benzene rings is 2. The number of carbonyl (C=O) groups excluding carboxylic acids is 2. The van der Waals surface area contributed by atoms with E-state index in [0.717, 1.165) is 48.1 Å². The Labute approximate surface area is 205 Å². The van der Waals surface area contributed by atoms with E-state index in [4.69, 9.17) is 4.74 Å². The summed E-state index contributed by atoms with van der Waals surface area (Å²) in [7, 11) is 1.63. The highest BCUT2D eigenvalue weighted by molar-refractivity contribution is 7.12. The zero-order chi connectivity index (χ0) is 23.9. The van der Waals surface area contributed by atoms with Crippen molar-refractivity contribution < 1.29 is 14.3 Å². The van der Waals surface area contributed by atoms with Gasteiger partial charge in [-0.15, -0.1) is 11.3 Å². The number of nitrogens with one attached hydrogen (secondary N) is 1. The number of ether oxygens (including phenoxy) is 1. The van der Waals surface area contributed by atoms with Gasteiger partial charge in [-0.05, 0) is 60.0 Å². The number of carbonyl (C=O) groups is 2. The van der Waals surface area contributed by atoms with Crippen LogP contribution >= 0.6 is 11.3 Å². The van der Waals surface area contributed by atoms with E-state index < -0.39 is 6.04 Å². The molecule has 0 aliphatic heterocycles. The molecule has 2 aromatic carbocycles. The molecule has 1 fully saturated rings. The van der Waals surface area contributed by atoms with E-state index in [9.17, 15) is 9.59 Å². The second-order valence-electron chi connectivity index (χ2n) is 8.86. The zero-order valence-corrected chi connectivity index (χ0v) is 20.6. The monoisotopic (exact) mass is 476 g/mol. The number of amides is 2. The minimum Gasteiger partial charge on any atom is -0.497 e. The minimum absolute atomic E-state index is 0.117. The van der Waals surface area contributed by atoms with Gasteiger partial charge in [0.2, 0.25) is 5.91 Å². The second-order valence-corrected chi connectivity index (χ2v) is 9.81. The first-order chi connectivity index (χ1) is 16.6. The van der Waals surface area contributed by atoms with E-state index in [-0.39, 0.29) is 17.9 Å². The molecule has 2 amide bonds. The van der Waals surface area contributed by atoms with Gasteiger partial charge in [0.25, 0.3) is 5.91 Å². The number of hydrogen-bond acceptors (Lipinski definition) is 4. The fourth-order valence-corrected chi connectivity index (χ4v) is 5.34. The van der Waals surface area contributed by atoms with Gasteiger partial charge >= 0.3 is 0 Å². The van der Waals surface area contributed by atoms with Crippen LogP contribution in [0.25, 0.3) is 0 Å². The summed E-state index contributed by atoms with van der Waals surface area (Å²) in [5.41, 5.74) is 2.75. The van der Waals surface area contributed by atoms with E-state index in [2.05, 4.69) is 5.32 Å². The molecule has 0 spiro atoms. The molecular formula is C28H32N2O3S. The average Bonchev–Trinajstić information content (AvgIpc) is 3.40. The molecule has 0 saturated heterocycles. The molecule has 1 N–H and O–H groups in total. The Morgan fingerprint density at radius 2 is 1.85 bits per heavy atom. The molecule has 34 heavy (non-hydrogen) atoms.